The molecule has 0 saturated carbocycles. The number of amides is 1. The van der Waals surface area contributed by atoms with Crippen LogP contribution in [0.3, 0.4) is 0 Å². The summed E-state index contributed by atoms with van der Waals surface area (Å²) >= 11 is 1.84. The van der Waals surface area contributed by atoms with E-state index in [1.165, 1.54) is 9.20 Å². The first-order valence-corrected chi connectivity index (χ1v) is 12.2. The van der Waals surface area contributed by atoms with Crippen LogP contribution in [0.5, 0.6) is 0 Å². The summed E-state index contributed by atoms with van der Waals surface area (Å²) in [5.41, 5.74) is 1.27. The standard InChI is InChI=1S/C21H24N2O3S2/c24-21(18-7-9-19(10-8-18)23-12-4-14-28(23,25)26)22-13-11-17(15-22)16-27-20-5-2-1-3-6-20/h1-3,5-10,17H,4,11-16H2/t17-/m1/s1. The molecule has 0 bridgehead atoms. The van der Waals surface area contributed by atoms with Crippen molar-refractivity contribution in [3.63, 3.8) is 0 Å². The first-order valence-electron chi connectivity index (χ1n) is 9.60. The van der Waals surface area contributed by atoms with E-state index in [0.29, 0.717) is 30.1 Å². The van der Waals surface area contributed by atoms with Crippen LogP contribution in [-0.2, 0) is 10.0 Å². The minimum Gasteiger partial charge on any atom is -0.338 e. The van der Waals surface area contributed by atoms with Crippen LogP contribution in [0.4, 0.5) is 5.69 Å². The molecule has 0 unspecified atom stereocenters. The highest BCUT2D eigenvalue weighted by atomic mass is 32.2. The Bertz CT molecular complexity index is 930. The average Bonchev–Trinajstić information content (AvgIpc) is 3.33. The van der Waals surface area contributed by atoms with Crippen molar-refractivity contribution in [1.29, 1.82) is 0 Å². The lowest BCUT2D eigenvalue weighted by molar-refractivity contribution is 0.0788. The van der Waals surface area contributed by atoms with Crippen molar-refractivity contribution in [3.05, 3.63) is 60.2 Å². The molecule has 2 aliphatic heterocycles. The Morgan fingerprint density at radius 2 is 1.79 bits per heavy atom. The largest absolute Gasteiger partial charge is 0.338 e. The van der Waals surface area contributed by atoms with Gasteiger partial charge in [0.1, 0.15) is 0 Å². The van der Waals surface area contributed by atoms with Gasteiger partial charge >= 0.3 is 0 Å². The first kappa shape index (κ1) is 19.3. The van der Waals surface area contributed by atoms with Gasteiger partial charge in [0.2, 0.25) is 10.0 Å². The summed E-state index contributed by atoms with van der Waals surface area (Å²) in [6, 6.07) is 17.3. The van der Waals surface area contributed by atoms with Crippen LogP contribution >= 0.6 is 11.8 Å². The van der Waals surface area contributed by atoms with Gasteiger partial charge in [-0.3, -0.25) is 9.10 Å². The molecule has 2 fully saturated rings. The SMILES string of the molecule is O=C(c1ccc(N2CCCS2(=O)=O)cc1)N1CC[C@@H](CSc2ccccc2)C1. The van der Waals surface area contributed by atoms with Crippen LogP contribution < -0.4 is 4.31 Å². The number of carbonyl (C=O) groups excluding carboxylic acids is 1. The van der Waals surface area contributed by atoms with Gasteiger partial charge in [0, 0.05) is 35.8 Å². The van der Waals surface area contributed by atoms with E-state index in [1.54, 1.807) is 24.3 Å². The Balaban J connectivity index is 1.34. The summed E-state index contributed by atoms with van der Waals surface area (Å²) in [5, 5.41) is 0. The van der Waals surface area contributed by atoms with Gasteiger partial charge in [0.05, 0.1) is 11.4 Å². The van der Waals surface area contributed by atoms with Gasteiger partial charge in [0.25, 0.3) is 5.91 Å². The second kappa shape index (κ2) is 8.17. The van der Waals surface area contributed by atoms with Gasteiger partial charge in [-0.05, 0) is 55.2 Å². The highest BCUT2D eigenvalue weighted by Crippen LogP contribution is 2.28. The molecule has 7 heteroatoms. The molecule has 0 spiro atoms. The van der Waals surface area contributed by atoms with E-state index >= 15 is 0 Å². The molecule has 0 N–H and O–H groups in total. The fourth-order valence-corrected chi connectivity index (χ4v) is 6.38. The Morgan fingerprint density at radius 1 is 1.04 bits per heavy atom. The molecule has 2 aromatic carbocycles. The molecule has 2 aliphatic rings. The van der Waals surface area contributed by atoms with Crippen molar-refractivity contribution in [2.75, 3.05) is 35.4 Å². The lowest BCUT2D eigenvalue weighted by atomic mass is 10.1. The molecule has 4 rings (SSSR count). The number of hydrogen-bond acceptors (Lipinski definition) is 4. The maximum Gasteiger partial charge on any atom is 0.253 e. The highest BCUT2D eigenvalue weighted by Gasteiger charge is 2.29. The maximum atomic E-state index is 12.8. The van der Waals surface area contributed by atoms with Crippen molar-refractivity contribution in [2.45, 2.75) is 17.7 Å². The first-order chi connectivity index (χ1) is 13.5. The topological polar surface area (TPSA) is 57.7 Å². The second-order valence-electron chi connectivity index (χ2n) is 7.32. The van der Waals surface area contributed by atoms with E-state index in [2.05, 4.69) is 12.1 Å². The number of sulfonamides is 1. The highest BCUT2D eigenvalue weighted by molar-refractivity contribution is 7.99. The third-order valence-corrected chi connectivity index (χ3v) is 8.42. The van der Waals surface area contributed by atoms with Crippen LogP contribution in [0, 0.1) is 5.92 Å². The maximum absolute atomic E-state index is 12.8. The van der Waals surface area contributed by atoms with Crippen LogP contribution in [0.2, 0.25) is 0 Å². The van der Waals surface area contributed by atoms with E-state index < -0.39 is 10.0 Å². The molecule has 0 radical (unpaired) electrons. The number of rotatable bonds is 5. The third kappa shape index (κ3) is 4.20. The number of likely N-dealkylation sites (tertiary alicyclic amines) is 1. The zero-order valence-electron chi connectivity index (χ0n) is 15.7. The van der Waals surface area contributed by atoms with E-state index in [0.717, 1.165) is 25.3 Å². The van der Waals surface area contributed by atoms with Crippen LogP contribution in [0.25, 0.3) is 0 Å². The fourth-order valence-electron chi connectivity index (χ4n) is 3.77. The quantitative estimate of drug-likeness (QED) is 0.700. The van der Waals surface area contributed by atoms with Crippen molar-refractivity contribution >= 4 is 33.4 Å². The molecular formula is C21H24N2O3S2. The van der Waals surface area contributed by atoms with Crippen molar-refractivity contribution in [3.8, 4) is 0 Å². The van der Waals surface area contributed by atoms with E-state index in [-0.39, 0.29) is 11.7 Å². The number of anilines is 1. The fraction of sp³-hybridized carbons (Fsp3) is 0.381. The predicted octanol–water partition coefficient (Wildman–Crippen LogP) is 3.48. The average molecular weight is 417 g/mol. The van der Waals surface area contributed by atoms with Crippen LogP contribution in [-0.4, -0.2) is 50.4 Å². The zero-order valence-corrected chi connectivity index (χ0v) is 17.3. The Hall–Kier alpha value is -1.99. The Kier molecular flexibility index (Phi) is 5.64. The smallest absolute Gasteiger partial charge is 0.253 e. The van der Waals surface area contributed by atoms with E-state index in [9.17, 15) is 13.2 Å². The molecule has 28 heavy (non-hydrogen) atoms. The van der Waals surface area contributed by atoms with E-state index in [1.807, 2.05) is 34.9 Å². The zero-order chi connectivity index (χ0) is 19.6. The van der Waals surface area contributed by atoms with Gasteiger partial charge in [-0.1, -0.05) is 18.2 Å². The molecule has 2 saturated heterocycles. The lowest BCUT2D eigenvalue weighted by Crippen LogP contribution is -2.29. The third-order valence-electron chi connectivity index (χ3n) is 5.30. The molecule has 0 aliphatic carbocycles. The van der Waals surface area contributed by atoms with Gasteiger partial charge in [0.15, 0.2) is 0 Å². The van der Waals surface area contributed by atoms with Crippen molar-refractivity contribution in [1.82, 2.24) is 4.90 Å². The van der Waals surface area contributed by atoms with Gasteiger partial charge in [-0.15, -0.1) is 11.8 Å². The van der Waals surface area contributed by atoms with Crippen molar-refractivity contribution in [2.24, 2.45) is 5.92 Å². The monoisotopic (exact) mass is 416 g/mol. The number of thioether (sulfide) groups is 1. The van der Waals surface area contributed by atoms with Crippen LogP contribution in [0.1, 0.15) is 23.2 Å². The molecule has 148 valence electrons. The summed E-state index contributed by atoms with van der Waals surface area (Å²) in [4.78, 5) is 16.0. The van der Waals surface area contributed by atoms with Crippen LogP contribution in [0.15, 0.2) is 59.5 Å². The summed E-state index contributed by atoms with van der Waals surface area (Å²) in [6.07, 6.45) is 1.68. The summed E-state index contributed by atoms with van der Waals surface area (Å²) in [7, 11) is -3.19. The minimum atomic E-state index is -3.19. The molecular weight excluding hydrogens is 392 g/mol. The molecule has 1 atom stereocenters. The van der Waals surface area contributed by atoms with Crippen molar-refractivity contribution < 1.29 is 13.2 Å². The van der Waals surface area contributed by atoms with Gasteiger partial charge < -0.3 is 4.90 Å². The second-order valence-corrected chi connectivity index (χ2v) is 10.4. The lowest BCUT2D eigenvalue weighted by Gasteiger charge is -2.19. The minimum absolute atomic E-state index is 0.0306. The summed E-state index contributed by atoms with van der Waals surface area (Å²) in [6.45, 7) is 2.07. The normalized spacial score (nSPS) is 21.2. The number of hydrogen-bond donors (Lipinski definition) is 0. The predicted molar refractivity (Wildman–Crippen MR) is 113 cm³/mol. The molecule has 0 aromatic heterocycles. The summed E-state index contributed by atoms with van der Waals surface area (Å²) < 4.78 is 25.5. The Morgan fingerprint density at radius 3 is 2.46 bits per heavy atom. The van der Waals surface area contributed by atoms with Gasteiger partial charge in [-0.2, -0.15) is 0 Å². The summed E-state index contributed by atoms with van der Waals surface area (Å²) in [5.74, 6) is 1.75. The number of carbonyl (C=O) groups is 1. The number of benzene rings is 2. The molecule has 2 heterocycles. The molecule has 2 aromatic rings. The molecule has 1 amide bonds. The Labute approximate surface area is 170 Å². The van der Waals surface area contributed by atoms with E-state index in [4.69, 9.17) is 0 Å². The number of nitrogens with zero attached hydrogens (tertiary/aromatic N) is 2. The molecule has 5 nitrogen and oxygen atoms in total. The van der Waals surface area contributed by atoms with Gasteiger partial charge in [-0.25, -0.2) is 8.42 Å².